The molecule has 6 nitrogen and oxygen atoms in total. The van der Waals surface area contributed by atoms with Crippen molar-refractivity contribution in [3.05, 3.63) is 47.1 Å². The molecule has 1 aromatic rings. The van der Waals surface area contributed by atoms with E-state index in [-0.39, 0.29) is 29.1 Å². The van der Waals surface area contributed by atoms with Crippen molar-refractivity contribution in [1.82, 2.24) is 0 Å². The van der Waals surface area contributed by atoms with Gasteiger partial charge in [-0.2, -0.15) is 0 Å². The molecule has 1 aliphatic heterocycles. The van der Waals surface area contributed by atoms with Gasteiger partial charge in [0.15, 0.2) is 11.5 Å². The Balaban J connectivity index is 1.35. The molecule has 36 heavy (non-hydrogen) atoms. The van der Waals surface area contributed by atoms with Crippen LogP contribution in [0.15, 0.2) is 35.9 Å². The number of methoxy groups -OCH3 is 3. The minimum absolute atomic E-state index is 0.118. The quantitative estimate of drug-likeness (QED) is 0.520. The van der Waals surface area contributed by atoms with Crippen molar-refractivity contribution >= 4 is 11.8 Å². The molecule has 2 fully saturated rings. The van der Waals surface area contributed by atoms with Crippen molar-refractivity contribution in [2.24, 2.45) is 34.5 Å². The summed E-state index contributed by atoms with van der Waals surface area (Å²) in [7, 11) is 4.86. The van der Waals surface area contributed by atoms with E-state index < -0.39 is 17.5 Å². The van der Waals surface area contributed by atoms with Crippen molar-refractivity contribution in [2.75, 3.05) is 21.3 Å². The van der Waals surface area contributed by atoms with Gasteiger partial charge in [0.05, 0.1) is 26.2 Å². The van der Waals surface area contributed by atoms with Crippen molar-refractivity contribution in [3.63, 3.8) is 0 Å². The molecule has 6 heteroatoms. The average molecular weight is 493 g/mol. The summed E-state index contributed by atoms with van der Waals surface area (Å²) in [5, 5.41) is 0. The highest BCUT2D eigenvalue weighted by atomic mass is 16.6. The van der Waals surface area contributed by atoms with Crippen LogP contribution in [0.1, 0.15) is 68.0 Å². The lowest BCUT2D eigenvalue weighted by Crippen LogP contribution is -2.49. The number of cyclic esters (lactones) is 1. The molecule has 0 saturated heterocycles. The summed E-state index contributed by atoms with van der Waals surface area (Å²) in [4.78, 5) is 27.0. The summed E-state index contributed by atoms with van der Waals surface area (Å²) < 4.78 is 22.5. The highest BCUT2D eigenvalue weighted by Crippen LogP contribution is 2.65. The Morgan fingerprint density at radius 3 is 2.47 bits per heavy atom. The van der Waals surface area contributed by atoms with Crippen LogP contribution in [0.2, 0.25) is 0 Å². The van der Waals surface area contributed by atoms with Crippen LogP contribution in [-0.4, -0.2) is 39.2 Å². The lowest BCUT2D eigenvalue weighted by Gasteiger charge is -2.55. The number of carbonyl (C=O) groups is 2. The van der Waals surface area contributed by atoms with Gasteiger partial charge in [-0.15, -0.1) is 0 Å². The zero-order valence-electron chi connectivity index (χ0n) is 21.8. The molecule has 0 radical (unpaired) electrons. The third-order valence-electron chi connectivity index (χ3n) is 10.4. The highest BCUT2D eigenvalue weighted by Gasteiger charge is 2.62. The topological polar surface area (TPSA) is 71.1 Å². The molecule has 1 heterocycles. The molecule has 0 N–H and O–H groups in total. The van der Waals surface area contributed by atoms with Crippen molar-refractivity contribution < 1.29 is 28.5 Å². The van der Waals surface area contributed by atoms with Crippen LogP contribution >= 0.6 is 0 Å². The van der Waals surface area contributed by atoms with Crippen LogP contribution < -0.4 is 9.47 Å². The second-order valence-corrected chi connectivity index (χ2v) is 11.8. The predicted molar refractivity (Wildman–Crippen MR) is 134 cm³/mol. The molecule has 0 aromatic heterocycles. The number of carbonyl (C=O) groups excluding carboxylic acids is 2. The SMILES string of the molecule is COc1ccc2c(c1OC)C(=O)OC2C1CC2C3C=CC4=CC(OC)CCC4(C)C3CCC2(C)C1=O. The van der Waals surface area contributed by atoms with E-state index in [9.17, 15) is 9.59 Å². The summed E-state index contributed by atoms with van der Waals surface area (Å²) in [6.45, 7) is 4.57. The predicted octanol–water partition coefficient (Wildman–Crippen LogP) is 5.46. The number of esters is 1. The first-order valence-electron chi connectivity index (χ1n) is 13.2. The molecule has 0 amide bonds. The molecule has 0 bridgehead atoms. The third kappa shape index (κ3) is 3.06. The first-order chi connectivity index (χ1) is 17.3. The highest BCUT2D eigenvalue weighted by molar-refractivity contribution is 5.99. The van der Waals surface area contributed by atoms with Gasteiger partial charge in [-0.3, -0.25) is 4.79 Å². The minimum Gasteiger partial charge on any atom is -0.493 e. The van der Waals surface area contributed by atoms with E-state index >= 15 is 0 Å². The molecule has 192 valence electrons. The maximum absolute atomic E-state index is 14.1. The molecule has 2 saturated carbocycles. The van der Waals surface area contributed by atoms with Gasteiger partial charge in [-0.05, 0) is 66.9 Å². The summed E-state index contributed by atoms with van der Waals surface area (Å²) in [6, 6.07) is 3.66. The summed E-state index contributed by atoms with van der Waals surface area (Å²) in [6.07, 6.45) is 11.4. The summed E-state index contributed by atoms with van der Waals surface area (Å²) in [5.41, 5.74) is 2.24. The van der Waals surface area contributed by atoms with E-state index in [1.807, 2.05) is 6.07 Å². The molecular formula is C30H36O6. The Hall–Kier alpha value is -2.60. The third-order valence-corrected chi connectivity index (χ3v) is 10.4. The van der Waals surface area contributed by atoms with Crippen LogP contribution in [0.3, 0.4) is 0 Å². The monoisotopic (exact) mass is 492 g/mol. The van der Waals surface area contributed by atoms with Crippen LogP contribution in [0.25, 0.3) is 0 Å². The van der Waals surface area contributed by atoms with Gasteiger partial charge < -0.3 is 18.9 Å². The zero-order valence-corrected chi connectivity index (χ0v) is 21.8. The molecule has 8 atom stereocenters. The van der Waals surface area contributed by atoms with Crippen molar-refractivity contribution in [3.8, 4) is 11.5 Å². The number of rotatable bonds is 4. The first kappa shape index (κ1) is 23.8. The van der Waals surface area contributed by atoms with E-state index in [1.165, 1.54) is 12.7 Å². The van der Waals surface area contributed by atoms with E-state index in [0.717, 1.165) is 37.7 Å². The molecule has 1 aromatic carbocycles. The Labute approximate surface area is 213 Å². The number of allylic oxidation sites excluding steroid dienone is 3. The lowest BCUT2D eigenvalue weighted by atomic mass is 9.49. The first-order valence-corrected chi connectivity index (χ1v) is 13.2. The lowest BCUT2D eigenvalue weighted by molar-refractivity contribution is -0.135. The van der Waals surface area contributed by atoms with Gasteiger partial charge in [0, 0.05) is 18.1 Å². The van der Waals surface area contributed by atoms with Crippen molar-refractivity contribution in [2.45, 2.75) is 58.2 Å². The fourth-order valence-electron chi connectivity index (χ4n) is 8.37. The maximum atomic E-state index is 14.1. The van der Waals surface area contributed by atoms with Crippen LogP contribution in [0.5, 0.6) is 11.5 Å². The minimum atomic E-state index is -0.573. The molecular weight excluding hydrogens is 456 g/mol. The number of Topliss-reactive ketones (excluding diaryl/α,β-unsaturated/α-hetero) is 1. The largest absolute Gasteiger partial charge is 0.493 e. The number of ether oxygens (including phenoxy) is 4. The standard InChI is InChI=1S/C30H36O6/c1-29-12-10-17(33-3)14-16(29)6-7-18-21(29)11-13-30(2)22(18)15-20(27(30)31)25-19-8-9-23(34-4)26(35-5)24(19)28(32)36-25/h6-9,14,17-18,20-22,25H,10-13,15H2,1-5H3. The van der Waals surface area contributed by atoms with Gasteiger partial charge in [0.2, 0.25) is 0 Å². The van der Waals surface area contributed by atoms with E-state index in [4.69, 9.17) is 18.9 Å². The van der Waals surface area contributed by atoms with Gasteiger partial charge >= 0.3 is 5.97 Å². The van der Waals surface area contributed by atoms with Crippen molar-refractivity contribution in [1.29, 1.82) is 0 Å². The average Bonchev–Trinajstić information content (AvgIpc) is 3.36. The van der Waals surface area contributed by atoms with Crippen LogP contribution in [0.4, 0.5) is 0 Å². The second kappa shape index (κ2) is 8.20. The van der Waals surface area contributed by atoms with E-state index in [1.54, 1.807) is 20.3 Å². The molecule has 6 rings (SSSR count). The summed E-state index contributed by atoms with van der Waals surface area (Å²) in [5.74, 6) is 1.43. The van der Waals surface area contributed by atoms with E-state index in [0.29, 0.717) is 28.9 Å². The normalized spacial score (nSPS) is 40.5. The fourth-order valence-corrected chi connectivity index (χ4v) is 8.37. The Morgan fingerprint density at radius 1 is 0.972 bits per heavy atom. The Morgan fingerprint density at radius 2 is 1.75 bits per heavy atom. The zero-order chi connectivity index (χ0) is 25.4. The van der Waals surface area contributed by atoms with Crippen LogP contribution in [0, 0.1) is 34.5 Å². The number of hydrogen-bond acceptors (Lipinski definition) is 6. The fraction of sp³-hybridized carbons (Fsp3) is 0.600. The number of benzene rings is 1. The number of ketones is 1. The van der Waals surface area contributed by atoms with Gasteiger partial charge in [-0.25, -0.2) is 4.79 Å². The molecule has 8 unspecified atom stereocenters. The van der Waals surface area contributed by atoms with Gasteiger partial charge in [0.1, 0.15) is 17.5 Å². The Kier molecular flexibility index (Phi) is 5.42. The second-order valence-electron chi connectivity index (χ2n) is 11.8. The van der Waals surface area contributed by atoms with E-state index in [2.05, 4.69) is 32.1 Å². The smallest absolute Gasteiger partial charge is 0.343 e. The number of hydrogen-bond donors (Lipinski definition) is 0. The van der Waals surface area contributed by atoms with Gasteiger partial charge in [0.25, 0.3) is 0 Å². The number of fused-ring (bicyclic) bond motifs is 6. The molecule has 4 aliphatic carbocycles. The molecule has 5 aliphatic rings. The maximum Gasteiger partial charge on any atom is 0.343 e. The Bertz CT molecular complexity index is 1180. The van der Waals surface area contributed by atoms with Gasteiger partial charge in [-0.1, -0.05) is 38.1 Å². The van der Waals surface area contributed by atoms with Crippen LogP contribution in [-0.2, 0) is 14.3 Å². The summed E-state index contributed by atoms with van der Waals surface area (Å²) >= 11 is 0. The molecule has 0 spiro atoms.